The average Bonchev–Trinajstić information content (AvgIpc) is 3.49. The number of fused-ring (bicyclic) bond motifs is 1. The number of aliphatic carboxylic acids is 1. The number of carbonyl (C=O) groups is 2. The lowest BCUT2D eigenvalue weighted by Gasteiger charge is -2.16. The molecular formula is C24H25F3N4O6S2. The number of ether oxygens (including phenoxy) is 1. The number of thiophene rings is 1. The maximum absolute atomic E-state index is 12.9. The maximum atomic E-state index is 12.9. The number of amidine groups is 1. The van der Waals surface area contributed by atoms with Crippen LogP contribution in [-0.4, -0.2) is 67.9 Å². The Labute approximate surface area is 225 Å². The third-order valence-electron chi connectivity index (χ3n) is 5.73. The van der Waals surface area contributed by atoms with Crippen LogP contribution < -0.4 is 15.8 Å². The molecule has 2 aromatic carbocycles. The number of nitrogens with zero attached hydrogens (tertiary/aromatic N) is 1. The molecule has 2 heterocycles. The van der Waals surface area contributed by atoms with Crippen LogP contribution in [-0.2, 0) is 26.0 Å². The van der Waals surface area contributed by atoms with Gasteiger partial charge in [0.25, 0.3) is 0 Å². The van der Waals surface area contributed by atoms with Crippen molar-refractivity contribution in [1.82, 2.24) is 10.2 Å². The number of nitrogen functional groups attached to an aromatic ring is 1. The van der Waals surface area contributed by atoms with Gasteiger partial charge in [0.1, 0.15) is 17.5 Å². The Morgan fingerprint density at radius 2 is 1.90 bits per heavy atom. The van der Waals surface area contributed by atoms with Crippen molar-refractivity contribution in [3.05, 3.63) is 58.3 Å². The Morgan fingerprint density at radius 3 is 2.49 bits per heavy atom. The second kappa shape index (κ2) is 12.0. The number of hydrogen-bond donors (Lipinski definition) is 4. The number of alkyl halides is 3. The van der Waals surface area contributed by atoms with Gasteiger partial charge in [-0.3, -0.25) is 15.5 Å². The topological polar surface area (TPSA) is 163 Å². The number of sulfone groups is 1. The van der Waals surface area contributed by atoms with Crippen molar-refractivity contribution in [2.24, 2.45) is 5.73 Å². The zero-order chi connectivity index (χ0) is 29.0. The molecule has 1 fully saturated rings. The summed E-state index contributed by atoms with van der Waals surface area (Å²) >= 11 is 1.37. The maximum Gasteiger partial charge on any atom is 0.490 e. The summed E-state index contributed by atoms with van der Waals surface area (Å²) < 4.78 is 62.7. The minimum absolute atomic E-state index is 0.00545. The first-order valence-electron chi connectivity index (χ1n) is 11.3. The minimum Gasteiger partial charge on any atom is -0.497 e. The highest BCUT2D eigenvalue weighted by Gasteiger charge is 2.38. The van der Waals surface area contributed by atoms with Crippen molar-refractivity contribution in [3.63, 3.8) is 0 Å². The van der Waals surface area contributed by atoms with Gasteiger partial charge in [-0.1, -0.05) is 12.1 Å². The Balaban J connectivity index is 0.000000532. The molecule has 0 spiro atoms. The lowest BCUT2D eigenvalue weighted by atomic mass is 10.1. The van der Waals surface area contributed by atoms with E-state index in [2.05, 4.69) is 5.32 Å². The number of rotatable bonds is 8. The molecule has 39 heavy (non-hydrogen) atoms. The number of halogens is 3. The lowest BCUT2D eigenvalue weighted by Crippen LogP contribution is -2.40. The van der Waals surface area contributed by atoms with Gasteiger partial charge in [-0.05, 0) is 58.5 Å². The van der Waals surface area contributed by atoms with E-state index in [1.54, 1.807) is 42.3 Å². The predicted molar refractivity (Wildman–Crippen MR) is 139 cm³/mol. The zero-order valence-corrected chi connectivity index (χ0v) is 22.1. The summed E-state index contributed by atoms with van der Waals surface area (Å²) in [7, 11) is -2.06. The molecule has 0 saturated carbocycles. The summed E-state index contributed by atoms with van der Waals surface area (Å²) in [5, 5.41) is 21.1. The molecule has 1 aliphatic heterocycles. The standard InChI is InChI=1S/C22H24N4O4S2.C2HF3O2/c1-30-17-4-2-15-3-5-18(10-16(15)9-17)32(28,29)13-25-19-6-7-26(22(19)27)11-14-8-20(21(23)24)31-12-14;3-2(4,5)1(6)7/h2-5,8-10,12,19,25H,6-7,11,13H2,1H3,(H3,23,24);(H,6,7). The van der Waals surface area contributed by atoms with Crippen molar-refractivity contribution in [2.75, 3.05) is 19.5 Å². The molecule has 15 heteroatoms. The van der Waals surface area contributed by atoms with Gasteiger partial charge in [0.2, 0.25) is 5.91 Å². The fraction of sp³-hybridized carbons (Fsp3) is 0.292. The van der Waals surface area contributed by atoms with Gasteiger partial charge < -0.3 is 20.5 Å². The van der Waals surface area contributed by atoms with E-state index in [9.17, 15) is 26.4 Å². The van der Waals surface area contributed by atoms with E-state index in [1.807, 2.05) is 17.5 Å². The highest BCUT2D eigenvalue weighted by molar-refractivity contribution is 7.91. The minimum atomic E-state index is -5.08. The molecule has 10 nitrogen and oxygen atoms in total. The Hall–Kier alpha value is -3.69. The van der Waals surface area contributed by atoms with Gasteiger partial charge in [-0.25, -0.2) is 13.2 Å². The van der Waals surface area contributed by atoms with E-state index >= 15 is 0 Å². The zero-order valence-electron chi connectivity index (χ0n) is 20.5. The van der Waals surface area contributed by atoms with Crippen molar-refractivity contribution >= 4 is 49.7 Å². The van der Waals surface area contributed by atoms with Crippen LogP contribution in [0.25, 0.3) is 10.8 Å². The number of hydrogen-bond acceptors (Lipinski definition) is 8. The van der Waals surface area contributed by atoms with Gasteiger partial charge in [0.15, 0.2) is 9.84 Å². The van der Waals surface area contributed by atoms with E-state index in [0.717, 1.165) is 16.3 Å². The molecule has 5 N–H and O–H groups in total. The average molecular weight is 587 g/mol. The lowest BCUT2D eigenvalue weighted by molar-refractivity contribution is -0.192. The Bertz CT molecular complexity index is 1490. The molecule has 210 valence electrons. The molecule has 1 unspecified atom stereocenters. The van der Waals surface area contributed by atoms with Gasteiger partial charge >= 0.3 is 12.1 Å². The molecule has 0 bridgehead atoms. The number of methoxy groups -OCH3 is 1. The molecule has 3 aromatic rings. The largest absolute Gasteiger partial charge is 0.497 e. The molecule has 1 aromatic heterocycles. The van der Waals surface area contributed by atoms with Gasteiger partial charge in [0.05, 0.1) is 22.9 Å². The number of amides is 1. The van der Waals surface area contributed by atoms with Gasteiger partial charge in [-0.15, -0.1) is 11.3 Å². The highest BCUT2D eigenvalue weighted by Crippen LogP contribution is 2.25. The quantitative estimate of drug-likeness (QED) is 0.231. The van der Waals surface area contributed by atoms with Crippen LogP contribution in [0.4, 0.5) is 13.2 Å². The third kappa shape index (κ3) is 7.68. The number of carbonyl (C=O) groups excluding carboxylic acids is 1. The van der Waals surface area contributed by atoms with Crippen LogP contribution in [0, 0.1) is 5.41 Å². The normalized spacial score (nSPS) is 15.6. The van der Waals surface area contributed by atoms with Crippen molar-refractivity contribution in [1.29, 1.82) is 5.41 Å². The monoisotopic (exact) mass is 586 g/mol. The molecule has 1 saturated heterocycles. The van der Waals surface area contributed by atoms with Gasteiger partial charge in [-0.2, -0.15) is 13.2 Å². The molecule has 4 rings (SSSR count). The molecule has 0 aliphatic carbocycles. The fourth-order valence-electron chi connectivity index (χ4n) is 3.72. The second-order valence-electron chi connectivity index (χ2n) is 8.47. The van der Waals surface area contributed by atoms with Crippen LogP contribution in [0.3, 0.4) is 0 Å². The van der Waals surface area contributed by atoms with Crippen molar-refractivity contribution in [3.8, 4) is 5.75 Å². The van der Waals surface area contributed by atoms with Crippen molar-refractivity contribution in [2.45, 2.75) is 30.1 Å². The van der Waals surface area contributed by atoms with Crippen LogP contribution in [0.5, 0.6) is 5.75 Å². The summed E-state index contributed by atoms with van der Waals surface area (Å²) in [6.45, 7) is 0.956. The number of nitrogens with two attached hydrogens (primary N) is 1. The molecule has 1 atom stereocenters. The second-order valence-corrected chi connectivity index (χ2v) is 11.4. The molecule has 1 aliphatic rings. The SMILES string of the molecule is COc1ccc2ccc(S(=O)(=O)CNC3CCN(Cc4csc(C(=N)N)c4)C3=O)cc2c1.O=C(O)C(F)(F)F. The third-order valence-corrected chi connectivity index (χ3v) is 8.26. The first-order valence-corrected chi connectivity index (χ1v) is 13.8. The fourth-order valence-corrected chi connectivity index (χ4v) is 5.66. The first-order chi connectivity index (χ1) is 18.2. The smallest absolute Gasteiger partial charge is 0.490 e. The summed E-state index contributed by atoms with van der Waals surface area (Å²) in [4.78, 5) is 24.2. The summed E-state index contributed by atoms with van der Waals surface area (Å²) in [5.41, 5.74) is 6.41. The number of carboxylic acids is 1. The van der Waals surface area contributed by atoms with E-state index in [-0.39, 0.29) is 22.5 Å². The number of carboxylic acid groups (broad SMARTS) is 1. The summed E-state index contributed by atoms with van der Waals surface area (Å²) in [6.07, 6.45) is -4.55. The Morgan fingerprint density at radius 1 is 1.23 bits per heavy atom. The number of nitrogens with one attached hydrogen (secondary N) is 2. The van der Waals surface area contributed by atoms with E-state index in [4.69, 9.17) is 25.8 Å². The van der Waals surface area contributed by atoms with E-state index < -0.39 is 28.0 Å². The van der Waals surface area contributed by atoms with Crippen molar-refractivity contribution < 1.29 is 41.0 Å². The number of benzene rings is 2. The van der Waals surface area contributed by atoms with Crippen LogP contribution in [0.2, 0.25) is 0 Å². The van der Waals surface area contributed by atoms with Gasteiger partial charge in [0, 0.05) is 13.1 Å². The molecule has 1 amide bonds. The van der Waals surface area contributed by atoms with Crippen LogP contribution in [0.15, 0.2) is 52.7 Å². The highest BCUT2D eigenvalue weighted by atomic mass is 32.2. The number of likely N-dealkylation sites (tertiary alicyclic amines) is 1. The first kappa shape index (κ1) is 29.9. The Kier molecular flexibility index (Phi) is 9.19. The summed E-state index contributed by atoms with van der Waals surface area (Å²) in [5.74, 6) is -2.54. The van der Waals surface area contributed by atoms with Crippen LogP contribution >= 0.6 is 11.3 Å². The molecular weight excluding hydrogens is 561 g/mol. The molecule has 0 radical (unpaired) electrons. The van der Waals surface area contributed by atoms with Crippen LogP contribution in [0.1, 0.15) is 16.9 Å². The predicted octanol–water partition coefficient (Wildman–Crippen LogP) is 2.95. The summed E-state index contributed by atoms with van der Waals surface area (Å²) in [6, 6.07) is 11.7. The van der Waals surface area contributed by atoms with E-state index in [0.29, 0.717) is 30.1 Å². The van der Waals surface area contributed by atoms with E-state index in [1.165, 1.54) is 11.3 Å².